The van der Waals surface area contributed by atoms with Gasteiger partial charge in [0.25, 0.3) is 0 Å². The van der Waals surface area contributed by atoms with Crippen molar-refractivity contribution in [2.24, 2.45) is 0 Å². The summed E-state index contributed by atoms with van der Waals surface area (Å²) in [6.45, 7) is 10.0. The molecule has 0 bridgehead atoms. The molecule has 1 aromatic rings. The molecule has 0 spiro atoms. The van der Waals surface area contributed by atoms with E-state index >= 15 is 0 Å². The average Bonchev–Trinajstić information content (AvgIpc) is 2.86. The summed E-state index contributed by atoms with van der Waals surface area (Å²) in [4.78, 5) is 24.7. The fourth-order valence-corrected chi connectivity index (χ4v) is 2.96. The van der Waals surface area contributed by atoms with Gasteiger partial charge in [0.15, 0.2) is 0 Å². The van der Waals surface area contributed by atoms with Crippen LogP contribution in [0.3, 0.4) is 0 Å². The monoisotopic (exact) mass is 302 g/mol. The molecule has 118 valence electrons. The summed E-state index contributed by atoms with van der Waals surface area (Å²) >= 11 is 0. The Kier molecular flexibility index (Phi) is 4.69. The molecule has 0 fully saturated rings. The van der Waals surface area contributed by atoms with Crippen LogP contribution in [0, 0.1) is 20.8 Å². The number of aryl methyl sites for hydroxylation is 2. The van der Waals surface area contributed by atoms with Gasteiger partial charge >= 0.3 is 11.9 Å². The Morgan fingerprint density at radius 3 is 2.27 bits per heavy atom. The molecule has 0 aliphatic heterocycles. The largest absolute Gasteiger partial charge is 0.465 e. The first-order valence-corrected chi connectivity index (χ1v) is 7.58. The van der Waals surface area contributed by atoms with Gasteiger partial charge in [-0.15, -0.1) is 0 Å². The van der Waals surface area contributed by atoms with Crippen molar-refractivity contribution in [3.63, 3.8) is 0 Å². The van der Waals surface area contributed by atoms with Gasteiger partial charge in [-0.05, 0) is 68.5 Å². The molecule has 0 heterocycles. The molecule has 0 saturated heterocycles. The fourth-order valence-electron chi connectivity index (χ4n) is 2.96. The number of carbonyl (C=O) groups is 2. The van der Waals surface area contributed by atoms with Gasteiger partial charge in [-0.25, -0.2) is 4.79 Å². The maximum Gasteiger partial charge on any atom is 0.335 e. The molecule has 0 amide bonds. The van der Waals surface area contributed by atoms with E-state index in [0.29, 0.717) is 5.57 Å². The van der Waals surface area contributed by atoms with E-state index in [0.717, 1.165) is 27.8 Å². The molecule has 1 aliphatic rings. The molecular weight excluding hydrogens is 280 g/mol. The van der Waals surface area contributed by atoms with Crippen LogP contribution in [0.1, 0.15) is 47.6 Å². The highest BCUT2D eigenvalue weighted by atomic mass is 16.5. The third-order valence-corrected chi connectivity index (χ3v) is 4.08. The van der Waals surface area contributed by atoms with Gasteiger partial charge in [-0.1, -0.05) is 6.07 Å². The van der Waals surface area contributed by atoms with Crippen LogP contribution in [0.5, 0.6) is 0 Å². The molecular formula is C18H22O4. The Bertz CT molecular complexity index is 656. The number of rotatable bonds is 4. The molecule has 1 unspecified atom stereocenters. The van der Waals surface area contributed by atoms with Crippen molar-refractivity contribution in [1.82, 2.24) is 0 Å². The van der Waals surface area contributed by atoms with Crippen LogP contribution in [-0.4, -0.2) is 25.2 Å². The van der Waals surface area contributed by atoms with Crippen LogP contribution < -0.4 is 0 Å². The van der Waals surface area contributed by atoms with Gasteiger partial charge < -0.3 is 9.47 Å². The molecule has 0 aromatic heterocycles. The molecule has 1 atom stereocenters. The van der Waals surface area contributed by atoms with Gasteiger partial charge in [0.1, 0.15) is 5.92 Å². The van der Waals surface area contributed by atoms with Crippen LogP contribution in [-0.2, 0) is 19.1 Å². The standard InChI is InChI=1S/C18H22O4/c1-6-21-17(19)14-9-13-11(4)8-10(3)12(5)15(13)16(14)18(20)22-7-2/h8-9,16H,6-7H2,1-5H3. The van der Waals surface area contributed by atoms with Gasteiger partial charge in [-0.2, -0.15) is 0 Å². The molecule has 0 saturated carbocycles. The van der Waals surface area contributed by atoms with E-state index in [1.54, 1.807) is 19.9 Å². The van der Waals surface area contributed by atoms with Crippen molar-refractivity contribution in [2.75, 3.05) is 13.2 Å². The molecule has 0 radical (unpaired) electrons. The van der Waals surface area contributed by atoms with E-state index in [2.05, 4.69) is 6.07 Å². The van der Waals surface area contributed by atoms with E-state index < -0.39 is 17.9 Å². The van der Waals surface area contributed by atoms with Gasteiger partial charge in [-0.3, -0.25) is 4.79 Å². The van der Waals surface area contributed by atoms with Crippen LogP contribution in [0.25, 0.3) is 6.08 Å². The number of fused-ring (bicyclic) bond motifs is 1. The predicted molar refractivity (Wildman–Crippen MR) is 84.6 cm³/mol. The number of esters is 2. The lowest BCUT2D eigenvalue weighted by Gasteiger charge is -2.18. The van der Waals surface area contributed by atoms with E-state index in [-0.39, 0.29) is 13.2 Å². The lowest BCUT2D eigenvalue weighted by molar-refractivity contribution is -0.147. The summed E-state index contributed by atoms with van der Waals surface area (Å²) in [6.07, 6.45) is 1.77. The van der Waals surface area contributed by atoms with Crippen molar-refractivity contribution in [1.29, 1.82) is 0 Å². The number of hydrogen-bond acceptors (Lipinski definition) is 4. The van der Waals surface area contributed by atoms with E-state index in [9.17, 15) is 9.59 Å². The maximum atomic E-state index is 12.4. The Morgan fingerprint density at radius 2 is 1.68 bits per heavy atom. The van der Waals surface area contributed by atoms with Crippen molar-refractivity contribution in [2.45, 2.75) is 40.5 Å². The van der Waals surface area contributed by atoms with E-state index in [1.807, 2.05) is 20.8 Å². The number of benzene rings is 1. The molecule has 4 nitrogen and oxygen atoms in total. The van der Waals surface area contributed by atoms with Crippen LogP contribution in [0.15, 0.2) is 11.6 Å². The zero-order valence-corrected chi connectivity index (χ0v) is 13.8. The van der Waals surface area contributed by atoms with E-state index in [1.165, 1.54) is 0 Å². The van der Waals surface area contributed by atoms with Crippen LogP contribution in [0.2, 0.25) is 0 Å². The highest BCUT2D eigenvalue weighted by Crippen LogP contribution is 2.42. The lowest BCUT2D eigenvalue weighted by Crippen LogP contribution is -2.22. The topological polar surface area (TPSA) is 52.6 Å². The Hall–Kier alpha value is -2.10. The minimum Gasteiger partial charge on any atom is -0.465 e. The second-order valence-corrected chi connectivity index (χ2v) is 5.47. The van der Waals surface area contributed by atoms with Gasteiger partial charge in [0.2, 0.25) is 0 Å². The van der Waals surface area contributed by atoms with Gasteiger partial charge in [0.05, 0.1) is 18.8 Å². The minimum absolute atomic E-state index is 0.277. The summed E-state index contributed by atoms with van der Waals surface area (Å²) in [6, 6.07) is 2.07. The van der Waals surface area contributed by atoms with Crippen molar-refractivity contribution in [3.8, 4) is 0 Å². The second-order valence-electron chi connectivity index (χ2n) is 5.47. The fraction of sp³-hybridized carbons (Fsp3) is 0.444. The Labute approximate surface area is 131 Å². The molecule has 2 rings (SSSR count). The third kappa shape index (κ3) is 2.65. The first kappa shape index (κ1) is 16.3. The molecule has 4 heteroatoms. The Balaban J connectivity index is 2.59. The summed E-state index contributed by atoms with van der Waals surface area (Å²) in [7, 11) is 0. The highest BCUT2D eigenvalue weighted by Gasteiger charge is 2.39. The second kappa shape index (κ2) is 6.34. The lowest BCUT2D eigenvalue weighted by atomic mass is 9.88. The van der Waals surface area contributed by atoms with Crippen LogP contribution >= 0.6 is 0 Å². The van der Waals surface area contributed by atoms with Gasteiger partial charge in [0, 0.05) is 0 Å². The van der Waals surface area contributed by atoms with E-state index in [4.69, 9.17) is 9.47 Å². The Morgan fingerprint density at radius 1 is 1.05 bits per heavy atom. The number of carbonyl (C=O) groups excluding carboxylic acids is 2. The summed E-state index contributed by atoms with van der Waals surface area (Å²) in [5, 5.41) is 0. The quantitative estimate of drug-likeness (QED) is 0.801. The van der Waals surface area contributed by atoms with Crippen molar-refractivity contribution >= 4 is 18.0 Å². The summed E-state index contributed by atoms with van der Waals surface area (Å²) < 4.78 is 10.3. The molecule has 0 N–H and O–H groups in total. The average molecular weight is 302 g/mol. The predicted octanol–water partition coefficient (Wildman–Crippen LogP) is 3.22. The number of hydrogen-bond donors (Lipinski definition) is 0. The van der Waals surface area contributed by atoms with Crippen LogP contribution in [0.4, 0.5) is 0 Å². The minimum atomic E-state index is -0.687. The molecule has 22 heavy (non-hydrogen) atoms. The smallest absolute Gasteiger partial charge is 0.335 e. The highest BCUT2D eigenvalue weighted by molar-refractivity contribution is 6.06. The zero-order chi connectivity index (χ0) is 16.4. The maximum absolute atomic E-state index is 12.4. The summed E-state index contributed by atoms with van der Waals surface area (Å²) in [5.41, 5.74) is 5.35. The molecule has 1 aromatic carbocycles. The SMILES string of the molecule is CCOC(=O)C1=Cc2c(C)cc(C)c(C)c2C1C(=O)OCC. The first-order chi connectivity index (χ1) is 10.4. The van der Waals surface area contributed by atoms with Crippen molar-refractivity contribution in [3.05, 3.63) is 39.5 Å². The number of ether oxygens (including phenoxy) is 2. The normalized spacial score (nSPS) is 16.0. The zero-order valence-electron chi connectivity index (χ0n) is 13.8. The van der Waals surface area contributed by atoms with Crippen molar-refractivity contribution < 1.29 is 19.1 Å². The first-order valence-electron chi connectivity index (χ1n) is 7.58. The summed E-state index contributed by atoms with van der Waals surface area (Å²) in [5.74, 6) is -1.53. The molecule has 1 aliphatic carbocycles. The third-order valence-electron chi connectivity index (χ3n) is 4.08.